The number of nitrogens with one attached hydrogen (secondary N) is 1. The van der Waals surface area contributed by atoms with Gasteiger partial charge < -0.3 is 19.6 Å². The number of benzene rings is 2. The summed E-state index contributed by atoms with van der Waals surface area (Å²) in [4.78, 5) is 17.2. The second-order valence-electron chi connectivity index (χ2n) is 6.00. The van der Waals surface area contributed by atoms with Gasteiger partial charge in [0.2, 0.25) is 0 Å². The number of carbonyl (C=O) groups is 1. The minimum atomic E-state index is -2.95. The lowest BCUT2D eigenvalue weighted by molar-refractivity contribution is -0.120. The van der Waals surface area contributed by atoms with Crippen molar-refractivity contribution in [3.63, 3.8) is 0 Å². The number of para-hydroxylation sites is 1. The van der Waals surface area contributed by atoms with Crippen molar-refractivity contribution in [2.24, 2.45) is 5.16 Å². The third kappa shape index (κ3) is 6.44. The molecule has 6 nitrogen and oxygen atoms in total. The van der Waals surface area contributed by atoms with Crippen molar-refractivity contribution in [3.8, 4) is 11.5 Å². The molecule has 0 spiro atoms. The minimum Gasteiger partial charge on any atom is -0.493 e. The highest BCUT2D eigenvalue weighted by atomic mass is 19.3. The highest BCUT2D eigenvalue weighted by molar-refractivity contribution is 5.93. The van der Waals surface area contributed by atoms with Gasteiger partial charge in [-0.25, -0.2) is 0 Å². The Balaban J connectivity index is 1.95. The molecule has 0 aliphatic rings. The first kappa shape index (κ1) is 22.1. The van der Waals surface area contributed by atoms with Gasteiger partial charge in [0.1, 0.15) is 0 Å². The first-order valence-electron chi connectivity index (χ1n) is 9.17. The van der Waals surface area contributed by atoms with E-state index in [9.17, 15) is 13.6 Å². The van der Waals surface area contributed by atoms with Crippen LogP contribution in [-0.2, 0) is 22.5 Å². The smallest absolute Gasteiger partial charge is 0.387 e. The van der Waals surface area contributed by atoms with Gasteiger partial charge in [0.25, 0.3) is 5.91 Å². The molecule has 0 aromatic heterocycles. The molecule has 2 aromatic rings. The summed E-state index contributed by atoms with van der Waals surface area (Å²) in [5.41, 5.74) is 3.46. The molecule has 0 aliphatic carbocycles. The molecule has 0 unspecified atom stereocenters. The Bertz CT molecular complexity index is 834. The average Bonchev–Trinajstić information content (AvgIpc) is 2.71. The molecule has 0 radical (unpaired) electrons. The molecule has 156 valence electrons. The molecular formula is C21H24F2N2O4. The molecule has 2 aromatic carbocycles. The zero-order valence-electron chi connectivity index (χ0n) is 16.6. The summed E-state index contributed by atoms with van der Waals surface area (Å²) in [6.07, 6.45) is 2.95. The van der Waals surface area contributed by atoms with Crippen LogP contribution in [0.2, 0.25) is 0 Å². The lowest BCUT2D eigenvalue weighted by Crippen LogP contribution is -2.19. The molecule has 1 N–H and O–H groups in total. The highest BCUT2D eigenvalue weighted by Crippen LogP contribution is 2.29. The van der Waals surface area contributed by atoms with Crippen LogP contribution in [0.5, 0.6) is 11.5 Å². The number of halogens is 2. The monoisotopic (exact) mass is 406 g/mol. The van der Waals surface area contributed by atoms with Crippen LogP contribution in [0.3, 0.4) is 0 Å². The maximum atomic E-state index is 12.4. The number of nitrogens with zero attached hydrogens (tertiary/aromatic N) is 1. The molecular weight excluding hydrogens is 382 g/mol. The Morgan fingerprint density at radius 1 is 1.14 bits per heavy atom. The Kier molecular flexibility index (Phi) is 8.39. The minimum absolute atomic E-state index is 0.0822. The number of hydrogen-bond acceptors (Lipinski definition) is 5. The molecule has 2 rings (SSSR count). The van der Waals surface area contributed by atoms with Crippen LogP contribution < -0.4 is 14.8 Å². The number of methoxy groups -OCH3 is 1. The third-order valence-electron chi connectivity index (χ3n) is 4.14. The number of hydrogen-bond donors (Lipinski definition) is 1. The molecule has 0 bridgehead atoms. The van der Waals surface area contributed by atoms with E-state index in [-0.39, 0.29) is 24.0 Å². The Morgan fingerprint density at radius 3 is 2.41 bits per heavy atom. The summed E-state index contributed by atoms with van der Waals surface area (Å²) in [5, 5.41) is 6.62. The molecule has 8 heteroatoms. The second kappa shape index (κ2) is 11.0. The Labute approximate surface area is 168 Å². The van der Waals surface area contributed by atoms with E-state index in [0.717, 1.165) is 29.7 Å². The van der Waals surface area contributed by atoms with Crippen LogP contribution in [0.4, 0.5) is 14.5 Å². The standard InChI is InChI=1S/C21H24F2N2O4/c1-4-15-7-6-8-16(5-2)20(15)25-19(26)13-28-24-12-14-9-10-17(29-21(22)23)18(11-14)27-3/h6-12,21H,4-5,13H2,1-3H3,(H,25,26)/b24-12+. The average molecular weight is 406 g/mol. The zero-order valence-corrected chi connectivity index (χ0v) is 16.6. The summed E-state index contributed by atoms with van der Waals surface area (Å²) in [7, 11) is 1.34. The summed E-state index contributed by atoms with van der Waals surface area (Å²) in [5.74, 6) is -0.271. The van der Waals surface area contributed by atoms with Crippen molar-refractivity contribution in [2.75, 3.05) is 19.0 Å². The van der Waals surface area contributed by atoms with E-state index >= 15 is 0 Å². The number of amides is 1. The van der Waals surface area contributed by atoms with Gasteiger partial charge in [-0.2, -0.15) is 8.78 Å². The molecule has 0 aliphatic heterocycles. The SMILES string of the molecule is CCc1cccc(CC)c1NC(=O)CO/N=C/c1ccc(OC(F)F)c(OC)c1. The summed E-state index contributed by atoms with van der Waals surface area (Å²) >= 11 is 0. The normalized spacial score (nSPS) is 11.0. The van der Waals surface area contributed by atoms with Crippen molar-refractivity contribution >= 4 is 17.8 Å². The summed E-state index contributed by atoms with van der Waals surface area (Å²) in [6, 6.07) is 10.2. The van der Waals surface area contributed by atoms with Gasteiger partial charge in [-0.15, -0.1) is 0 Å². The summed E-state index contributed by atoms with van der Waals surface area (Å²) < 4.78 is 34.1. The van der Waals surface area contributed by atoms with Crippen LogP contribution in [0.1, 0.15) is 30.5 Å². The van der Waals surface area contributed by atoms with Crippen LogP contribution in [0, 0.1) is 0 Å². The van der Waals surface area contributed by atoms with Crippen LogP contribution in [0.25, 0.3) is 0 Å². The van der Waals surface area contributed by atoms with Gasteiger partial charge in [0.05, 0.1) is 13.3 Å². The topological polar surface area (TPSA) is 69.2 Å². The van der Waals surface area contributed by atoms with Gasteiger partial charge in [0, 0.05) is 11.3 Å². The van der Waals surface area contributed by atoms with E-state index < -0.39 is 6.61 Å². The van der Waals surface area contributed by atoms with Gasteiger partial charge in [0.15, 0.2) is 18.1 Å². The molecule has 0 fully saturated rings. The Morgan fingerprint density at radius 2 is 1.83 bits per heavy atom. The highest BCUT2D eigenvalue weighted by Gasteiger charge is 2.11. The van der Waals surface area contributed by atoms with Crippen LogP contribution in [-0.4, -0.2) is 32.4 Å². The quantitative estimate of drug-likeness (QED) is 0.469. The maximum Gasteiger partial charge on any atom is 0.387 e. The molecule has 0 saturated carbocycles. The number of oxime groups is 1. The number of rotatable bonds is 10. The van der Waals surface area contributed by atoms with Crippen molar-refractivity contribution in [1.29, 1.82) is 0 Å². The second-order valence-corrected chi connectivity index (χ2v) is 6.00. The van der Waals surface area contributed by atoms with E-state index in [0.29, 0.717) is 5.56 Å². The Hall–Kier alpha value is -3.16. The molecule has 0 saturated heterocycles. The fourth-order valence-electron chi connectivity index (χ4n) is 2.73. The van der Waals surface area contributed by atoms with E-state index in [1.54, 1.807) is 0 Å². The number of ether oxygens (including phenoxy) is 2. The summed E-state index contributed by atoms with van der Waals surface area (Å²) in [6.45, 7) is 0.840. The number of alkyl halides is 2. The first-order chi connectivity index (χ1) is 14.0. The van der Waals surface area contributed by atoms with Crippen LogP contribution in [0.15, 0.2) is 41.6 Å². The fraction of sp³-hybridized carbons (Fsp3) is 0.333. The fourth-order valence-corrected chi connectivity index (χ4v) is 2.73. The number of carbonyl (C=O) groups excluding carboxylic acids is 1. The van der Waals surface area contributed by atoms with Crippen molar-refractivity contribution in [2.45, 2.75) is 33.3 Å². The predicted molar refractivity (Wildman–Crippen MR) is 107 cm³/mol. The van der Waals surface area contributed by atoms with Gasteiger partial charge in [-0.1, -0.05) is 37.2 Å². The largest absolute Gasteiger partial charge is 0.493 e. The maximum absolute atomic E-state index is 12.4. The van der Waals surface area contributed by atoms with Crippen molar-refractivity contribution in [1.82, 2.24) is 0 Å². The van der Waals surface area contributed by atoms with Crippen molar-refractivity contribution < 1.29 is 27.9 Å². The zero-order chi connectivity index (χ0) is 21.2. The van der Waals surface area contributed by atoms with E-state index in [1.165, 1.54) is 31.5 Å². The molecule has 0 atom stereocenters. The number of aryl methyl sites for hydroxylation is 2. The third-order valence-corrected chi connectivity index (χ3v) is 4.14. The van der Waals surface area contributed by atoms with Gasteiger partial charge in [-0.3, -0.25) is 4.79 Å². The van der Waals surface area contributed by atoms with Gasteiger partial charge >= 0.3 is 6.61 Å². The lowest BCUT2D eigenvalue weighted by Gasteiger charge is -2.13. The molecule has 1 amide bonds. The van der Waals surface area contributed by atoms with E-state index in [2.05, 4.69) is 15.2 Å². The van der Waals surface area contributed by atoms with E-state index in [1.807, 2.05) is 32.0 Å². The van der Waals surface area contributed by atoms with E-state index in [4.69, 9.17) is 9.57 Å². The number of anilines is 1. The molecule has 29 heavy (non-hydrogen) atoms. The lowest BCUT2D eigenvalue weighted by atomic mass is 10.0. The first-order valence-corrected chi connectivity index (χ1v) is 9.17. The molecule has 0 heterocycles. The van der Waals surface area contributed by atoms with Gasteiger partial charge in [-0.05, 0) is 42.2 Å². The van der Waals surface area contributed by atoms with Crippen molar-refractivity contribution in [3.05, 3.63) is 53.1 Å². The predicted octanol–water partition coefficient (Wildman–Crippen LogP) is 4.41. The van der Waals surface area contributed by atoms with Crippen LogP contribution >= 0.6 is 0 Å².